The number of carbonyl (C=O) groups is 3. The Bertz CT molecular complexity index is 1250. The summed E-state index contributed by atoms with van der Waals surface area (Å²) in [5.41, 5.74) is 5.03. The third-order valence-corrected chi connectivity index (χ3v) is 6.67. The van der Waals surface area contributed by atoms with Gasteiger partial charge < -0.3 is 4.90 Å². The van der Waals surface area contributed by atoms with Gasteiger partial charge in [0.2, 0.25) is 5.96 Å². The third kappa shape index (κ3) is 3.21. The van der Waals surface area contributed by atoms with E-state index in [1.54, 1.807) is 14.0 Å². The number of aryl methyl sites for hydroxylation is 2. The Morgan fingerprint density at radius 2 is 1.68 bits per heavy atom. The average Bonchev–Trinajstić information content (AvgIpc) is 3.34. The Morgan fingerprint density at radius 3 is 2.29 bits per heavy atom. The molecule has 3 heterocycles. The van der Waals surface area contributed by atoms with E-state index in [9.17, 15) is 14.4 Å². The Balaban J connectivity index is 1.64. The summed E-state index contributed by atoms with van der Waals surface area (Å²) in [5.74, 6) is -0.0730. The molecule has 3 unspecified atom stereocenters. The fraction of sp³-hybridized carbons (Fsp3) is 0.308. The lowest BCUT2D eigenvalue weighted by atomic mass is 10.1. The van der Waals surface area contributed by atoms with Crippen molar-refractivity contribution in [2.24, 2.45) is 4.99 Å². The first-order valence-corrected chi connectivity index (χ1v) is 11.3. The zero-order chi connectivity index (χ0) is 24.3. The standard InChI is InChI=1S/C26H27N5O3/c1-15-11-16(2)13-20(12-15)31-21(19-9-7-6-8-10-19)14-29-22-23(27-25(29)31)28(5)26(34)30(24(22)33)17(3)18(4)32/h6-14,17,22-23H,1-5H3. The van der Waals surface area contributed by atoms with Crippen molar-refractivity contribution in [2.45, 2.75) is 45.9 Å². The molecular weight excluding hydrogens is 430 g/mol. The number of urea groups is 1. The summed E-state index contributed by atoms with van der Waals surface area (Å²) < 4.78 is 0. The molecular formula is C26H27N5O3. The lowest BCUT2D eigenvalue weighted by Gasteiger charge is -2.41. The SMILES string of the molecule is CC(=O)C(C)N1C(=O)C2C(N=C3N(c4cc(C)cc(C)c4)C(c4ccccc4)=CN32)N(C)C1=O. The number of ketones is 1. The van der Waals surface area contributed by atoms with Crippen LogP contribution in [0.4, 0.5) is 10.5 Å². The molecule has 34 heavy (non-hydrogen) atoms. The molecule has 5 rings (SSSR count). The first-order chi connectivity index (χ1) is 16.2. The molecule has 1 fully saturated rings. The number of aliphatic imine (C=N–C) groups is 1. The summed E-state index contributed by atoms with van der Waals surface area (Å²) in [6.07, 6.45) is 1.25. The van der Waals surface area contributed by atoms with Gasteiger partial charge in [0.15, 0.2) is 18.0 Å². The van der Waals surface area contributed by atoms with Crippen LogP contribution < -0.4 is 4.90 Å². The van der Waals surface area contributed by atoms with Crippen molar-refractivity contribution >= 4 is 35.1 Å². The van der Waals surface area contributed by atoms with Gasteiger partial charge >= 0.3 is 6.03 Å². The van der Waals surface area contributed by atoms with Gasteiger partial charge in [0.1, 0.15) is 0 Å². The lowest BCUT2D eigenvalue weighted by Crippen LogP contribution is -2.66. The summed E-state index contributed by atoms with van der Waals surface area (Å²) in [7, 11) is 1.63. The van der Waals surface area contributed by atoms with E-state index in [0.717, 1.165) is 33.0 Å². The number of nitrogens with zero attached hydrogens (tertiary/aromatic N) is 5. The van der Waals surface area contributed by atoms with Gasteiger partial charge in [-0.25, -0.2) is 9.79 Å². The second kappa shape index (κ2) is 7.83. The van der Waals surface area contributed by atoms with Crippen LogP contribution in [0.15, 0.2) is 59.7 Å². The lowest BCUT2D eigenvalue weighted by molar-refractivity contribution is -0.142. The highest BCUT2D eigenvalue weighted by molar-refractivity contribution is 6.16. The van der Waals surface area contributed by atoms with Crippen molar-refractivity contribution in [1.82, 2.24) is 14.7 Å². The average molecular weight is 458 g/mol. The van der Waals surface area contributed by atoms with E-state index in [4.69, 9.17) is 4.99 Å². The molecule has 0 aliphatic carbocycles. The van der Waals surface area contributed by atoms with Gasteiger partial charge in [-0.05, 0) is 51.0 Å². The Morgan fingerprint density at radius 1 is 1.03 bits per heavy atom. The molecule has 0 saturated carbocycles. The maximum Gasteiger partial charge on any atom is 0.328 e. The molecule has 8 nitrogen and oxygen atoms in total. The highest BCUT2D eigenvalue weighted by Gasteiger charge is 2.56. The summed E-state index contributed by atoms with van der Waals surface area (Å²) in [5, 5.41) is 0. The minimum Gasteiger partial charge on any atom is -0.302 e. The highest BCUT2D eigenvalue weighted by atomic mass is 16.2. The Labute approximate surface area is 198 Å². The molecule has 2 aromatic rings. The predicted octanol–water partition coefficient (Wildman–Crippen LogP) is 3.36. The fourth-order valence-electron chi connectivity index (χ4n) is 4.88. The fourth-order valence-corrected chi connectivity index (χ4v) is 4.88. The molecule has 3 amide bonds. The first-order valence-electron chi connectivity index (χ1n) is 11.3. The number of likely N-dealkylation sites (N-methyl/N-ethyl adjacent to an activating group) is 1. The van der Waals surface area contributed by atoms with E-state index < -0.39 is 30.2 Å². The number of Topliss-reactive ketones (excluding diaryl/α,β-unsaturated/α-hetero) is 1. The molecule has 3 aliphatic rings. The van der Waals surface area contributed by atoms with Crippen LogP contribution in [0, 0.1) is 13.8 Å². The van der Waals surface area contributed by atoms with Crippen molar-refractivity contribution < 1.29 is 14.4 Å². The topological polar surface area (TPSA) is 76.5 Å². The number of amides is 3. The predicted molar refractivity (Wildman–Crippen MR) is 130 cm³/mol. The molecule has 3 atom stereocenters. The molecule has 0 N–H and O–H groups in total. The van der Waals surface area contributed by atoms with Crippen LogP contribution in [0.1, 0.15) is 30.5 Å². The van der Waals surface area contributed by atoms with E-state index in [-0.39, 0.29) is 5.78 Å². The zero-order valence-corrected chi connectivity index (χ0v) is 19.9. The van der Waals surface area contributed by atoms with Gasteiger partial charge in [0.25, 0.3) is 5.91 Å². The zero-order valence-electron chi connectivity index (χ0n) is 19.9. The summed E-state index contributed by atoms with van der Waals surface area (Å²) in [6.45, 7) is 7.06. The molecule has 0 spiro atoms. The second-order valence-electron chi connectivity index (χ2n) is 9.14. The minimum absolute atomic E-state index is 0.244. The van der Waals surface area contributed by atoms with E-state index in [0.29, 0.717) is 5.96 Å². The van der Waals surface area contributed by atoms with Crippen molar-refractivity contribution in [1.29, 1.82) is 0 Å². The molecule has 8 heteroatoms. The van der Waals surface area contributed by atoms with Gasteiger partial charge in [-0.1, -0.05) is 36.4 Å². The van der Waals surface area contributed by atoms with Crippen LogP contribution in [-0.2, 0) is 9.59 Å². The normalized spacial score (nSPS) is 22.5. The first kappa shape index (κ1) is 21.9. The molecule has 0 radical (unpaired) electrons. The van der Waals surface area contributed by atoms with E-state index in [1.807, 2.05) is 60.2 Å². The molecule has 174 valence electrons. The molecule has 2 aromatic carbocycles. The minimum atomic E-state index is -0.844. The highest BCUT2D eigenvalue weighted by Crippen LogP contribution is 2.40. The summed E-state index contributed by atoms with van der Waals surface area (Å²) >= 11 is 0. The molecule has 0 bridgehead atoms. The van der Waals surface area contributed by atoms with Crippen LogP contribution >= 0.6 is 0 Å². The van der Waals surface area contributed by atoms with Crippen molar-refractivity contribution in [2.75, 3.05) is 11.9 Å². The number of hydrogen-bond acceptors (Lipinski definition) is 6. The Kier molecular flexibility index (Phi) is 5.04. The van der Waals surface area contributed by atoms with Crippen LogP contribution in [-0.4, -0.2) is 63.7 Å². The number of fused-ring (bicyclic) bond motifs is 3. The maximum absolute atomic E-state index is 13.6. The smallest absolute Gasteiger partial charge is 0.302 e. The Hall–Kier alpha value is -3.94. The third-order valence-electron chi connectivity index (χ3n) is 6.67. The van der Waals surface area contributed by atoms with Gasteiger partial charge in [-0.3, -0.25) is 24.3 Å². The molecule has 0 aromatic heterocycles. The number of imide groups is 1. The summed E-state index contributed by atoms with van der Waals surface area (Å²) in [4.78, 5) is 50.0. The number of guanidine groups is 1. The van der Waals surface area contributed by atoms with E-state index in [1.165, 1.54) is 11.8 Å². The molecule has 3 aliphatic heterocycles. The second-order valence-corrected chi connectivity index (χ2v) is 9.14. The van der Waals surface area contributed by atoms with Gasteiger partial charge in [-0.15, -0.1) is 0 Å². The van der Waals surface area contributed by atoms with Crippen LogP contribution in [0.3, 0.4) is 0 Å². The maximum atomic E-state index is 13.6. The number of hydrogen-bond donors (Lipinski definition) is 0. The molecule has 1 saturated heterocycles. The monoisotopic (exact) mass is 457 g/mol. The van der Waals surface area contributed by atoms with Crippen LogP contribution in [0.5, 0.6) is 0 Å². The number of carbonyl (C=O) groups excluding carboxylic acids is 3. The van der Waals surface area contributed by atoms with Crippen LogP contribution in [0.2, 0.25) is 0 Å². The number of benzene rings is 2. The number of rotatable bonds is 4. The summed E-state index contributed by atoms with van der Waals surface area (Å²) in [6, 6.07) is 14.1. The van der Waals surface area contributed by atoms with E-state index >= 15 is 0 Å². The quantitative estimate of drug-likeness (QED) is 0.704. The van der Waals surface area contributed by atoms with Gasteiger partial charge in [-0.2, -0.15) is 0 Å². The van der Waals surface area contributed by atoms with Crippen molar-refractivity contribution in [3.8, 4) is 0 Å². The van der Waals surface area contributed by atoms with Crippen LogP contribution in [0.25, 0.3) is 5.70 Å². The van der Waals surface area contributed by atoms with Gasteiger partial charge in [0, 0.05) is 24.5 Å². The largest absolute Gasteiger partial charge is 0.328 e. The number of anilines is 1. The van der Waals surface area contributed by atoms with Crippen molar-refractivity contribution in [3.05, 3.63) is 71.4 Å². The van der Waals surface area contributed by atoms with E-state index in [2.05, 4.69) is 18.2 Å². The van der Waals surface area contributed by atoms with Crippen molar-refractivity contribution in [3.63, 3.8) is 0 Å². The van der Waals surface area contributed by atoms with Gasteiger partial charge in [0.05, 0.1) is 11.7 Å².